The average molecular weight is 287 g/mol. The standard InChI is InChI=1S/C11H21N5O2S/c1-16-4-2-3-9(8-16)6-14-19(17,18)11-10(5-12)7-13-15-11/h7,9,14H,2-6,8,12H2,1H3,(H,13,15). The summed E-state index contributed by atoms with van der Waals surface area (Å²) in [6.07, 6.45) is 3.61. The van der Waals surface area contributed by atoms with E-state index in [1.807, 2.05) is 0 Å². The van der Waals surface area contributed by atoms with Crippen molar-refractivity contribution in [2.24, 2.45) is 11.7 Å². The van der Waals surface area contributed by atoms with Gasteiger partial charge in [0.05, 0.1) is 6.20 Å². The Morgan fingerprint density at radius 2 is 2.42 bits per heavy atom. The predicted octanol–water partition coefficient (Wildman–Crippen LogP) is -0.511. The number of aromatic nitrogens is 2. The van der Waals surface area contributed by atoms with Crippen molar-refractivity contribution >= 4 is 10.0 Å². The largest absolute Gasteiger partial charge is 0.326 e. The predicted molar refractivity (Wildman–Crippen MR) is 71.9 cm³/mol. The molecule has 0 radical (unpaired) electrons. The van der Waals surface area contributed by atoms with E-state index in [2.05, 4.69) is 26.9 Å². The van der Waals surface area contributed by atoms with Crippen molar-refractivity contribution in [2.75, 3.05) is 26.7 Å². The average Bonchev–Trinajstić information content (AvgIpc) is 2.86. The van der Waals surface area contributed by atoms with Crippen LogP contribution in [0.15, 0.2) is 11.2 Å². The first-order valence-electron chi connectivity index (χ1n) is 6.43. The van der Waals surface area contributed by atoms with Gasteiger partial charge in [0.25, 0.3) is 10.0 Å². The Morgan fingerprint density at radius 1 is 1.63 bits per heavy atom. The van der Waals surface area contributed by atoms with E-state index in [-0.39, 0.29) is 11.6 Å². The third-order valence-electron chi connectivity index (χ3n) is 3.45. The molecule has 0 amide bonds. The molecule has 0 saturated carbocycles. The fourth-order valence-electron chi connectivity index (χ4n) is 2.42. The lowest BCUT2D eigenvalue weighted by Crippen LogP contribution is -2.39. The molecular weight excluding hydrogens is 266 g/mol. The van der Waals surface area contributed by atoms with Gasteiger partial charge in [0.15, 0.2) is 5.03 Å². The number of aromatic amines is 1. The summed E-state index contributed by atoms with van der Waals surface area (Å²) in [6.45, 7) is 2.62. The zero-order valence-electron chi connectivity index (χ0n) is 11.1. The van der Waals surface area contributed by atoms with Gasteiger partial charge in [-0.25, -0.2) is 13.1 Å². The molecule has 1 atom stereocenters. The van der Waals surface area contributed by atoms with Crippen LogP contribution in [0.3, 0.4) is 0 Å². The van der Waals surface area contributed by atoms with Crippen molar-refractivity contribution in [1.82, 2.24) is 19.8 Å². The van der Waals surface area contributed by atoms with E-state index in [0.717, 1.165) is 25.9 Å². The number of H-pyrrole nitrogens is 1. The number of nitrogens with two attached hydrogens (primary N) is 1. The number of piperidine rings is 1. The summed E-state index contributed by atoms with van der Waals surface area (Å²) in [5, 5.41) is 6.32. The molecule has 108 valence electrons. The quantitative estimate of drug-likeness (QED) is 0.676. The smallest absolute Gasteiger partial charge is 0.257 e. The van der Waals surface area contributed by atoms with Crippen LogP contribution in [-0.2, 0) is 16.6 Å². The second-order valence-electron chi connectivity index (χ2n) is 5.05. The Labute approximate surface area is 113 Å². The molecule has 4 N–H and O–H groups in total. The summed E-state index contributed by atoms with van der Waals surface area (Å²) in [5.41, 5.74) is 6.00. The molecule has 0 spiro atoms. The Morgan fingerprint density at radius 3 is 3.11 bits per heavy atom. The number of hydrogen-bond donors (Lipinski definition) is 3. The van der Waals surface area contributed by atoms with E-state index >= 15 is 0 Å². The van der Waals surface area contributed by atoms with Crippen LogP contribution in [0, 0.1) is 5.92 Å². The van der Waals surface area contributed by atoms with Crippen LogP contribution in [0.1, 0.15) is 18.4 Å². The highest BCUT2D eigenvalue weighted by Crippen LogP contribution is 2.16. The number of nitrogens with one attached hydrogen (secondary N) is 2. The Balaban J connectivity index is 1.98. The molecular formula is C11H21N5O2S. The third-order valence-corrected chi connectivity index (χ3v) is 4.89. The summed E-state index contributed by atoms with van der Waals surface area (Å²) in [5.74, 6) is 0.359. The van der Waals surface area contributed by atoms with Gasteiger partial charge in [0.2, 0.25) is 0 Å². The highest BCUT2D eigenvalue weighted by atomic mass is 32.2. The third kappa shape index (κ3) is 3.53. The summed E-state index contributed by atoms with van der Waals surface area (Å²) in [4.78, 5) is 2.23. The molecule has 0 aliphatic carbocycles. The highest BCUT2D eigenvalue weighted by molar-refractivity contribution is 7.89. The van der Waals surface area contributed by atoms with Gasteiger partial charge in [0.1, 0.15) is 0 Å². The molecule has 1 fully saturated rings. The van der Waals surface area contributed by atoms with Gasteiger partial charge in [-0.3, -0.25) is 5.10 Å². The van der Waals surface area contributed by atoms with Gasteiger partial charge in [-0.15, -0.1) is 0 Å². The van der Waals surface area contributed by atoms with Crippen LogP contribution < -0.4 is 10.5 Å². The molecule has 8 heteroatoms. The molecule has 1 unspecified atom stereocenters. The van der Waals surface area contributed by atoms with Crippen molar-refractivity contribution in [3.05, 3.63) is 11.8 Å². The first-order chi connectivity index (χ1) is 9.03. The van der Waals surface area contributed by atoms with Gasteiger partial charge >= 0.3 is 0 Å². The zero-order chi connectivity index (χ0) is 13.9. The first kappa shape index (κ1) is 14.4. The second-order valence-corrected chi connectivity index (χ2v) is 6.75. The molecule has 0 bridgehead atoms. The molecule has 7 nitrogen and oxygen atoms in total. The Hall–Kier alpha value is -0.960. The maximum absolute atomic E-state index is 12.1. The molecule has 0 aromatic carbocycles. The van der Waals surface area contributed by atoms with Gasteiger partial charge in [-0.1, -0.05) is 0 Å². The van der Waals surface area contributed by atoms with E-state index in [1.165, 1.54) is 6.20 Å². The fourth-order valence-corrected chi connectivity index (χ4v) is 3.67. The zero-order valence-corrected chi connectivity index (χ0v) is 11.9. The SMILES string of the molecule is CN1CCCC(CNS(=O)(=O)c2[nH]ncc2CN)C1. The highest BCUT2D eigenvalue weighted by Gasteiger charge is 2.23. The van der Waals surface area contributed by atoms with E-state index in [1.54, 1.807) is 0 Å². The number of sulfonamides is 1. The minimum Gasteiger partial charge on any atom is -0.326 e. The number of hydrogen-bond acceptors (Lipinski definition) is 5. The Kier molecular flexibility index (Phi) is 4.56. The number of nitrogens with zero attached hydrogens (tertiary/aromatic N) is 2. The summed E-state index contributed by atoms with van der Waals surface area (Å²) in [6, 6.07) is 0. The van der Waals surface area contributed by atoms with Crippen molar-refractivity contribution in [2.45, 2.75) is 24.4 Å². The fraction of sp³-hybridized carbons (Fsp3) is 0.727. The number of likely N-dealkylation sites (tertiary alicyclic amines) is 1. The topological polar surface area (TPSA) is 104 Å². The second kappa shape index (κ2) is 6.00. The van der Waals surface area contributed by atoms with Crippen LogP contribution in [0.25, 0.3) is 0 Å². The van der Waals surface area contributed by atoms with Gasteiger partial charge in [-0.2, -0.15) is 5.10 Å². The normalized spacial score (nSPS) is 21.7. The van der Waals surface area contributed by atoms with Crippen LogP contribution in [0.4, 0.5) is 0 Å². The van der Waals surface area contributed by atoms with Crippen LogP contribution in [0.5, 0.6) is 0 Å². The summed E-state index contributed by atoms with van der Waals surface area (Å²) < 4.78 is 26.9. The molecule has 1 aliphatic heterocycles. The molecule has 2 rings (SSSR count). The molecule has 1 aromatic rings. The maximum atomic E-state index is 12.1. The van der Waals surface area contributed by atoms with Gasteiger partial charge < -0.3 is 10.6 Å². The van der Waals surface area contributed by atoms with Crippen LogP contribution >= 0.6 is 0 Å². The van der Waals surface area contributed by atoms with Crippen molar-refractivity contribution in [3.8, 4) is 0 Å². The lowest BCUT2D eigenvalue weighted by Gasteiger charge is -2.29. The number of rotatable bonds is 5. The molecule has 1 saturated heterocycles. The lowest BCUT2D eigenvalue weighted by molar-refractivity contribution is 0.211. The molecule has 1 aliphatic rings. The minimum absolute atomic E-state index is 0.0826. The van der Waals surface area contributed by atoms with Crippen LogP contribution in [-0.4, -0.2) is 50.2 Å². The van der Waals surface area contributed by atoms with E-state index in [4.69, 9.17) is 5.73 Å². The van der Waals surface area contributed by atoms with Crippen LogP contribution in [0.2, 0.25) is 0 Å². The summed E-state index contributed by atoms with van der Waals surface area (Å²) in [7, 11) is -1.49. The maximum Gasteiger partial charge on any atom is 0.257 e. The summed E-state index contributed by atoms with van der Waals surface area (Å²) >= 11 is 0. The first-order valence-corrected chi connectivity index (χ1v) is 7.91. The molecule has 1 aromatic heterocycles. The minimum atomic E-state index is -3.54. The van der Waals surface area contributed by atoms with Crippen molar-refractivity contribution < 1.29 is 8.42 Å². The van der Waals surface area contributed by atoms with Crippen molar-refractivity contribution in [1.29, 1.82) is 0 Å². The molecule has 19 heavy (non-hydrogen) atoms. The lowest BCUT2D eigenvalue weighted by atomic mass is 9.99. The molecule has 2 heterocycles. The van der Waals surface area contributed by atoms with E-state index in [9.17, 15) is 8.42 Å². The van der Waals surface area contributed by atoms with Crippen molar-refractivity contribution in [3.63, 3.8) is 0 Å². The van der Waals surface area contributed by atoms with E-state index in [0.29, 0.717) is 18.0 Å². The Bertz CT molecular complexity index is 513. The van der Waals surface area contributed by atoms with Gasteiger partial charge in [-0.05, 0) is 32.4 Å². The van der Waals surface area contributed by atoms with E-state index < -0.39 is 10.0 Å². The monoisotopic (exact) mass is 287 g/mol. The van der Waals surface area contributed by atoms with Gasteiger partial charge in [0, 0.05) is 25.2 Å².